The number of aromatic nitrogens is 3. The molecule has 0 atom stereocenters. The van der Waals surface area contributed by atoms with Crippen molar-refractivity contribution < 1.29 is 9.53 Å². The highest BCUT2D eigenvalue weighted by Gasteiger charge is 2.29. The minimum absolute atomic E-state index is 0.211. The number of carbonyl (C=O) groups is 1. The van der Waals surface area contributed by atoms with E-state index in [1.807, 2.05) is 19.2 Å². The molecule has 1 N–H and O–H groups in total. The van der Waals surface area contributed by atoms with E-state index < -0.39 is 0 Å². The predicted octanol–water partition coefficient (Wildman–Crippen LogP) is 5.24. The number of hydrogen-bond acceptors (Lipinski definition) is 8. The number of thiophene rings is 1. The third-order valence-corrected chi connectivity index (χ3v) is 7.68. The summed E-state index contributed by atoms with van der Waals surface area (Å²) in [4.78, 5) is 30.3. The van der Waals surface area contributed by atoms with Crippen molar-refractivity contribution in [3.63, 3.8) is 0 Å². The SMILES string of the molecule is CCOC(=O)N1CCC(c2nc(-c3cccs3)c(-c3ccnc(NC4CC4)n3)s2)CC1. The monoisotopic (exact) mass is 455 g/mol. The molecule has 0 radical (unpaired) electrons. The van der Waals surface area contributed by atoms with Crippen molar-refractivity contribution in [2.45, 2.75) is 44.6 Å². The summed E-state index contributed by atoms with van der Waals surface area (Å²) in [5.41, 5.74) is 1.91. The Morgan fingerprint density at radius 1 is 1.23 bits per heavy atom. The first kappa shape index (κ1) is 20.4. The van der Waals surface area contributed by atoms with Gasteiger partial charge in [-0.1, -0.05) is 6.07 Å². The van der Waals surface area contributed by atoms with Crippen LogP contribution in [-0.2, 0) is 4.74 Å². The second kappa shape index (κ2) is 8.92. The fourth-order valence-electron chi connectivity index (χ4n) is 3.75. The first-order valence-electron chi connectivity index (χ1n) is 10.8. The van der Waals surface area contributed by atoms with E-state index in [-0.39, 0.29) is 6.09 Å². The van der Waals surface area contributed by atoms with E-state index in [0.717, 1.165) is 39.0 Å². The number of anilines is 1. The maximum atomic E-state index is 12.0. The molecule has 7 nitrogen and oxygen atoms in total. The lowest BCUT2D eigenvalue weighted by molar-refractivity contribution is 0.0970. The summed E-state index contributed by atoms with van der Waals surface area (Å²) >= 11 is 3.42. The largest absolute Gasteiger partial charge is 0.450 e. The zero-order valence-electron chi connectivity index (χ0n) is 17.4. The van der Waals surface area contributed by atoms with Crippen molar-refractivity contribution in [3.8, 4) is 21.1 Å². The average Bonchev–Trinajstić information content (AvgIpc) is 3.27. The molecule has 1 saturated carbocycles. The topological polar surface area (TPSA) is 80.2 Å². The molecule has 1 amide bonds. The number of thiazole rings is 1. The lowest BCUT2D eigenvalue weighted by Gasteiger charge is -2.30. The first-order valence-corrected chi connectivity index (χ1v) is 12.5. The molecule has 2 fully saturated rings. The molecule has 0 aromatic carbocycles. The molecule has 1 aliphatic carbocycles. The summed E-state index contributed by atoms with van der Waals surface area (Å²) in [5, 5.41) is 6.59. The van der Waals surface area contributed by atoms with E-state index in [1.54, 1.807) is 27.6 Å². The van der Waals surface area contributed by atoms with Crippen LogP contribution < -0.4 is 5.32 Å². The van der Waals surface area contributed by atoms with Gasteiger partial charge in [0.2, 0.25) is 5.95 Å². The highest BCUT2D eigenvalue weighted by atomic mass is 32.1. The van der Waals surface area contributed by atoms with Crippen molar-refractivity contribution >= 4 is 34.7 Å². The number of amides is 1. The van der Waals surface area contributed by atoms with Gasteiger partial charge >= 0.3 is 6.09 Å². The number of hydrogen-bond donors (Lipinski definition) is 1. The molecule has 31 heavy (non-hydrogen) atoms. The van der Waals surface area contributed by atoms with Crippen LogP contribution in [0.2, 0.25) is 0 Å². The molecule has 1 aliphatic heterocycles. The lowest BCUT2D eigenvalue weighted by Crippen LogP contribution is -2.38. The van der Waals surface area contributed by atoms with E-state index in [9.17, 15) is 4.79 Å². The third kappa shape index (κ3) is 4.57. The van der Waals surface area contributed by atoms with Crippen molar-refractivity contribution in [3.05, 3.63) is 34.8 Å². The van der Waals surface area contributed by atoms with Crippen molar-refractivity contribution in [2.24, 2.45) is 0 Å². The minimum atomic E-state index is -0.211. The second-order valence-corrected chi connectivity index (χ2v) is 9.83. The smallest absolute Gasteiger partial charge is 0.409 e. The van der Waals surface area contributed by atoms with Gasteiger partial charge in [0.05, 0.1) is 27.1 Å². The van der Waals surface area contributed by atoms with Crippen LogP contribution in [0.3, 0.4) is 0 Å². The second-order valence-electron chi connectivity index (χ2n) is 7.85. The van der Waals surface area contributed by atoms with E-state index in [0.29, 0.717) is 37.6 Å². The summed E-state index contributed by atoms with van der Waals surface area (Å²) in [5.74, 6) is 1.03. The number of rotatable bonds is 6. The third-order valence-electron chi connectivity index (χ3n) is 5.57. The van der Waals surface area contributed by atoms with Crippen LogP contribution in [0.1, 0.15) is 43.5 Å². The summed E-state index contributed by atoms with van der Waals surface area (Å²) < 4.78 is 5.15. The van der Waals surface area contributed by atoms with Gasteiger partial charge in [-0.15, -0.1) is 22.7 Å². The molecular weight excluding hydrogens is 430 g/mol. The number of piperidine rings is 1. The molecule has 2 aliphatic rings. The Morgan fingerprint density at radius 2 is 2.06 bits per heavy atom. The van der Waals surface area contributed by atoms with E-state index in [4.69, 9.17) is 14.7 Å². The molecule has 5 rings (SSSR count). The Bertz CT molecular complexity index is 1040. The number of nitrogens with one attached hydrogen (secondary N) is 1. The standard InChI is InChI=1S/C22H25N5O2S2/c1-2-29-22(28)27-11-8-14(9-12-27)20-26-18(17-4-3-13-30-17)19(31-20)16-7-10-23-21(25-16)24-15-5-6-15/h3-4,7,10,13-15H,2,5-6,8-9,11-12H2,1H3,(H,23,24,25). The molecule has 0 unspecified atom stereocenters. The average molecular weight is 456 g/mol. The Labute approximate surface area is 189 Å². The highest BCUT2D eigenvalue weighted by molar-refractivity contribution is 7.17. The molecular formula is C22H25N5O2S2. The van der Waals surface area contributed by atoms with Gasteiger partial charge < -0.3 is 15.0 Å². The Kier molecular flexibility index (Phi) is 5.87. The van der Waals surface area contributed by atoms with E-state index in [1.165, 1.54) is 12.8 Å². The van der Waals surface area contributed by atoms with Crippen LogP contribution in [0, 0.1) is 0 Å². The van der Waals surface area contributed by atoms with Gasteiger partial charge in [0.25, 0.3) is 0 Å². The molecule has 1 saturated heterocycles. The van der Waals surface area contributed by atoms with Crippen molar-refractivity contribution in [2.75, 3.05) is 25.0 Å². The quantitative estimate of drug-likeness (QED) is 0.548. The van der Waals surface area contributed by atoms with Gasteiger partial charge in [0.15, 0.2) is 0 Å². The van der Waals surface area contributed by atoms with Gasteiger partial charge in [-0.05, 0) is 50.1 Å². The van der Waals surface area contributed by atoms with Gasteiger partial charge in [-0.2, -0.15) is 0 Å². The first-order chi connectivity index (χ1) is 15.2. The van der Waals surface area contributed by atoms with E-state index >= 15 is 0 Å². The van der Waals surface area contributed by atoms with Crippen LogP contribution in [0.25, 0.3) is 21.1 Å². The molecule has 3 aromatic rings. The van der Waals surface area contributed by atoms with Crippen LogP contribution in [0.15, 0.2) is 29.8 Å². The number of nitrogens with zero attached hydrogens (tertiary/aromatic N) is 4. The van der Waals surface area contributed by atoms with Gasteiger partial charge in [-0.3, -0.25) is 0 Å². The number of likely N-dealkylation sites (tertiary alicyclic amines) is 1. The molecule has 0 spiro atoms. The summed E-state index contributed by atoms with van der Waals surface area (Å²) in [6.07, 6.45) is 5.77. The Hall–Kier alpha value is -2.52. The Morgan fingerprint density at radius 3 is 2.77 bits per heavy atom. The van der Waals surface area contributed by atoms with Crippen LogP contribution in [-0.4, -0.2) is 51.7 Å². The highest BCUT2D eigenvalue weighted by Crippen LogP contribution is 2.42. The van der Waals surface area contributed by atoms with Crippen LogP contribution in [0.4, 0.5) is 10.7 Å². The van der Waals surface area contributed by atoms with Crippen LogP contribution >= 0.6 is 22.7 Å². The maximum absolute atomic E-state index is 12.0. The van der Waals surface area contributed by atoms with Gasteiger partial charge in [0, 0.05) is 31.2 Å². The van der Waals surface area contributed by atoms with Gasteiger partial charge in [-0.25, -0.2) is 19.7 Å². The molecule has 0 bridgehead atoms. The normalized spacial score (nSPS) is 17.0. The fourth-order valence-corrected chi connectivity index (χ4v) is 5.76. The van der Waals surface area contributed by atoms with E-state index in [2.05, 4.69) is 27.8 Å². The predicted molar refractivity (Wildman–Crippen MR) is 124 cm³/mol. The number of carbonyl (C=O) groups excluding carboxylic acids is 1. The lowest BCUT2D eigenvalue weighted by atomic mass is 9.98. The van der Waals surface area contributed by atoms with Crippen molar-refractivity contribution in [1.82, 2.24) is 19.9 Å². The molecule has 162 valence electrons. The zero-order valence-corrected chi connectivity index (χ0v) is 19.0. The molecule has 3 aromatic heterocycles. The van der Waals surface area contributed by atoms with Crippen molar-refractivity contribution in [1.29, 1.82) is 0 Å². The summed E-state index contributed by atoms with van der Waals surface area (Å²) in [6, 6.07) is 6.64. The maximum Gasteiger partial charge on any atom is 0.409 e. The molecule has 4 heterocycles. The van der Waals surface area contributed by atoms with Gasteiger partial charge in [0.1, 0.15) is 5.69 Å². The zero-order chi connectivity index (χ0) is 21.2. The molecule has 9 heteroatoms. The minimum Gasteiger partial charge on any atom is -0.450 e. The Balaban J connectivity index is 1.41. The summed E-state index contributed by atoms with van der Waals surface area (Å²) in [6.45, 7) is 3.66. The van der Waals surface area contributed by atoms with Crippen LogP contribution in [0.5, 0.6) is 0 Å². The fraction of sp³-hybridized carbons (Fsp3) is 0.455. The summed E-state index contributed by atoms with van der Waals surface area (Å²) in [7, 11) is 0. The number of ether oxygens (including phenoxy) is 1.